The number of nitrogens with two attached hydrogens (primary N) is 1. The van der Waals surface area contributed by atoms with Gasteiger partial charge in [-0.05, 0) is 76.4 Å². The molecule has 4 N–H and O–H groups in total. The van der Waals surface area contributed by atoms with Crippen LogP contribution in [0.3, 0.4) is 0 Å². The van der Waals surface area contributed by atoms with Crippen molar-refractivity contribution in [3.05, 3.63) is 69.6 Å². The fourth-order valence-electron chi connectivity index (χ4n) is 3.81. The first-order chi connectivity index (χ1) is 16.7. The largest absolute Gasteiger partial charge is 0.478 e. The molecule has 3 aromatic rings. The molecule has 0 fully saturated rings. The van der Waals surface area contributed by atoms with E-state index in [1.165, 1.54) is 13.8 Å². The number of hydrogen-bond acceptors (Lipinski definition) is 6. The van der Waals surface area contributed by atoms with Crippen LogP contribution in [0.25, 0.3) is 11.5 Å². The van der Waals surface area contributed by atoms with Gasteiger partial charge >= 0.3 is 5.97 Å². The molecule has 0 saturated carbocycles. The van der Waals surface area contributed by atoms with E-state index in [0.717, 1.165) is 22.3 Å². The summed E-state index contributed by atoms with van der Waals surface area (Å²) in [4.78, 5) is 28.6. The number of aliphatic carboxylic acids is 1. The molecule has 0 bridgehead atoms. The number of oxazole rings is 1. The number of carbonyl (C=O) groups excluding carboxylic acids is 1. The lowest BCUT2D eigenvalue weighted by molar-refractivity contribution is -0.152. The number of benzene rings is 2. The highest BCUT2D eigenvalue weighted by Gasteiger charge is 2.34. The van der Waals surface area contributed by atoms with E-state index < -0.39 is 23.0 Å². The summed E-state index contributed by atoms with van der Waals surface area (Å²) in [6, 6.07) is 11.0. The highest BCUT2D eigenvalue weighted by Crippen LogP contribution is 2.30. The number of aromatic nitrogens is 1. The molecule has 0 aliphatic carbocycles. The molecule has 0 saturated heterocycles. The Morgan fingerprint density at radius 3 is 2.33 bits per heavy atom. The molecule has 0 spiro atoms. The quantitative estimate of drug-likeness (QED) is 0.357. The van der Waals surface area contributed by atoms with Gasteiger partial charge in [-0.25, -0.2) is 9.78 Å². The Balaban J connectivity index is 1.80. The highest BCUT2D eigenvalue weighted by atomic mass is 35.5. The van der Waals surface area contributed by atoms with E-state index in [1.54, 1.807) is 26.0 Å². The van der Waals surface area contributed by atoms with Crippen molar-refractivity contribution in [1.29, 1.82) is 0 Å². The van der Waals surface area contributed by atoms with Crippen LogP contribution < -0.4 is 15.8 Å². The number of hydrogen-bond donors (Lipinski definition) is 3. The fourth-order valence-corrected chi connectivity index (χ4v) is 4.00. The van der Waals surface area contributed by atoms with Crippen LogP contribution in [0.5, 0.6) is 5.75 Å². The number of rotatable bonds is 10. The zero-order chi connectivity index (χ0) is 26.8. The molecule has 1 heterocycles. The first kappa shape index (κ1) is 27.2. The maximum absolute atomic E-state index is 12.5. The van der Waals surface area contributed by atoms with Gasteiger partial charge in [0, 0.05) is 23.6 Å². The molecule has 1 unspecified atom stereocenters. The summed E-state index contributed by atoms with van der Waals surface area (Å²) in [6.45, 7) is 10.6. The Bertz CT molecular complexity index is 1280. The zero-order valence-electron chi connectivity index (χ0n) is 21.4. The van der Waals surface area contributed by atoms with Crippen LogP contribution in [0.4, 0.5) is 0 Å². The fraction of sp³-hybridized carbons (Fsp3) is 0.370. The topological polar surface area (TPSA) is 128 Å². The van der Waals surface area contributed by atoms with Crippen LogP contribution in [0, 0.1) is 20.8 Å². The highest BCUT2D eigenvalue weighted by molar-refractivity contribution is 6.30. The summed E-state index contributed by atoms with van der Waals surface area (Å²) in [5.41, 5.74) is 7.17. The maximum atomic E-state index is 12.5. The van der Waals surface area contributed by atoms with Crippen molar-refractivity contribution in [3.8, 4) is 17.2 Å². The monoisotopic (exact) mass is 513 g/mol. The third-order valence-corrected chi connectivity index (χ3v) is 6.34. The van der Waals surface area contributed by atoms with Gasteiger partial charge in [-0.15, -0.1) is 0 Å². The molecule has 8 nitrogen and oxygen atoms in total. The van der Waals surface area contributed by atoms with Crippen LogP contribution in [0.1, 0.15) is 48.9 Å². The molecule has 2 aromatic carbocycles. The normalized spacial score (nSPS) is 13.3. The van der Waals surface area contributed by atoms with E-state index in [0.29, 0.717) is 34.7 Å². The third kappa shape index (κ3) is 6.06. The van der Waals surface area contributed by atoms with Gasteiger partial charge in [0.15, 0.2) is 5.60 Å². The first-order valence-electron chi connectivity index (χ1n) is 11.5. The van der Waals surface area contributed by atoms with Crippen molar-refractivity contribution in [1.82, 2.24) is 10.3 Å². The average molecular weight is 514 g/mol. The number of primary amides is 1. The number of ether oxygens (including phenoxy) is 1. The number of nitrogens with zero attached hydrogens (tertiary/aromatic N) is 1. The smallest absolute Gasteiger partial charge is 0.347 e. The Hall–Kier alpha value is -3.36. The van der Waals surface area contributed by atoms with Crippen molar-refractivity contribution >= 4 is 23.5 Å². The lowest BCUT2D eigenvalue weighted by atomic mass is 9.93. The summed E-state index contributed by atoms with van der Waals surface area (Å²) in [6.07, 6.45) is 0.226. The van der Waals surface area contributed by atoms with Crippen LogP contribution in [-0.2, 0) is 22.6 Å². The van der Waals surface area contributed by atoms with Crippen molar-refractivity contribution < 1.29 is 23.8 Å². The van der Waals surface area contributed by atoms with E-state index in [1.807, 2.05) is 38.1 Å². The Kier molecular flexibility index (Phi) is 7.81. The van der Waals surface area contributed by atoms with Crippen molar-refractivity contribution in [2.24, 2.45) is 5.73 Å². The minimum atomic E-state index is -1.36. The van der Waals surface area contributed by atoms with Crippen molar-refractivity contribution in [2.75, 3.05) is 0 Å². The van der Waals surface area contributed by atoms with Crippen LogP contribution in [-0.4, -0.2) is 33.1 Å². The summed E-state index contributed by atoms with van der Waals surface area (Å²) < 4.78 is 11.6. The third-order valence-electron chi connectivity index (χ3n) is 6.10. The number of carbonyl (C=O) groups is 2. The number of nitrogens with one attached hydrogen (secondary N) is 1. The number of aryl methyl sites for hydroxylation is 3. The summed E-state index contributed by atoms with van der Waals surface area (Å²) in [5.74, 6) is -0.0382. The van der Waals surface area contributed by atoms with Gasteiger partial charge in [-0.2, -0.15) is 0 Å². The second kappa shape index (κ2) is 10.3. The van der Waals surface area contributed by atoms with Crippen LogP contribution in [0.15, 0.2) is 40.8 Å². The molecule has 9 heteroatoms. The van der Waals surface area contributed by atoms with E-state index in [-0.39, 0.29) is 6.42 Å². The minimum Gasteiger partial charge on any atom is -0.478 e. The molecule has 36 heavy (non-hydrogen) atoms. The number of carboxylic acid groups (broad SMARTS) is 1. The van der Waals surface area contributed by atoms with Gasteiger partial charge < -0.3 is 20.0 Å². The molecule has 1 atom stereocenters. The Labute approximate surface area is 215 Å². The number of carboxylic acids is 1. The molecule has 0 aliphatic heterocycles. The molecule has 192 valence electrons. The summed E-state index contributed by atoms with van der Waals surface area (Å²) in [5, 5.41) is 13.2. The van der Waals surface area contributed by atoms with E-state index in [2.05, 4.69) is 10.3 Å². The minimum absolute atomic E-state index is 0.226. The van der Waals surface area contributed by atoms with Crippen molar-refractivity contribution in [2.45, 2.75) is 65.6 Å². The molecular weight excluding hydrogens is 482 g/mol. The van der Waals surface area contributed by atoms with Gasteiger partial charge in [0.1, 0.15) is 17.0 Å². The molecular formula is C27H32ClN3O5. The van der Waals surface area contributed by atoms with Gasteiger partial charge in [0.25, 0.3) is 0 Å². The van der Waals surface area contributed by atoms with Gasteiger partial charge in [-0.1, -0.05) is 29.8 Å². The van der Waals surface area contributed by atoms with Gasteiger partial charge in [0.2, 0.25) is 11.8 Å². The first-order valence-corrected chi connectivity index (χ1v) is 11.9. The van der Waals surface area contributed by atoms with Crippen LogP contribution in [0.2, 0.25) is 5.02 Å². The Morgan fingerprint density at radius 1 is 1.14 bits per heavy atom. The Morgan fingerprint density at radius 2 is 1.78 bits per heavy atom. The molecule has 0 radical (unpaired) electrons. The van der Waals surface area contributed by atoms with Gasteiger partial charge in [0.05, 0.1) is 5.69 Å². The predicted molar refractivity (Wildman–Crippen MR) is 138 cm³/mol. The summed E-state index contributed by atoms with van der Waals surface area (Å²) >= 11 is 6.09. The molecule has 3 rings (SSSR count). The average Bonchev–Trinajstić information content (AvgIpc) is 3.14. The number of halogens is 1. The lowest BCUT2D eigenvalue weighted by Gasteiger charge is -2.28. The zero-order valence-corrected chi connectivity index (χ0v) is 22.1. The van der Waals surface area contributed by atoms with E-state index in [9.17, 15) is 14.7 Å². The van der Waals surface area contributed by atoms with Crippen LogP contribution >= 0.6 is 11.6 Å². The second-order valence-electron chi connectivity index (χ2n) is 9.74. The molecule has 1 amide bonds. The molecule has 1 aromatic heterocycles. The second-order valence-corrected chi connectivity index (χ2v) is 10.2. The van der Waals surface area contributed by atoms with E-state index in [4.69, 9.17) is 26.5 Å². The number of amides is 1. The van der Waals surface area contributed by atoms with Gasteiger partial charge in [-0.3, -0.25) is 10.1 Å². The molecule has 0 aliphatic rings. The standard InChI is InChI=1S/C27H32ClN3O5/c1-15-10-18(11-16(2)22(15)36-26(4,5)25(33)34)14-30-27(6,24(29)32)13-21-17(3)35-23(31-21)19-8-7-9-20(28)12-19/h7-12,30H,13-14H2,1-6H3,(H2,29,32)(H,33,34). The summed E-state index contributed by atoms with van der Waals surface area (Å²) in [7, 11) is 0. The maximum Gasteiger partial charge on any atom is 0.347 e. The van der Waals surface area contributed by atoms with Crippen molar-refractivity contribution in [3.63, 3.8) is 0 Å². The lowest BCUT2D eigenvalue weighted by Crippen LogP contribution is -2.54. The SMILES string of the molecule is Cc1cc(CNC(C)(Cc2nc(-c3cccc(Cl)c3)oc2C)C(N)=O)cc(C)c1OC(C)(C)C(=O)O. The predicted octanol–water partition coefficient (Wildman–Crippen LogP) is 4.74. The van der Waals surface area contributed by atoms with E-state index >= 15 is 0 Å².